The number of nitrogens with zero attached hydrogens (tertiary/aromatic N) is 2. The molecular formula is C18H20BrN3O2. The summed E-state index contributed by atoms with van der Waals surface area (Å²) in [4.78, 5) is 24.2. The van der Waals surface area contributed by atoms with E-state index in [-0.39, 0.29) is 24.1 Å². The van der Waals surface area contributed by atoms with E-state index in [0.29, 0.717) is 5.69 Å². The molecule has 0 bridgehead atoms. The lowest BCUT2D eigenvalue weighted by atomic mass is 9.95. The Bertz CT molecular complexity index is 765. The highest BCUT2D eigenvalue weighted by Crippen LogP contribution is 2.19. The average Bonchev–Trinajstić information content (AvgIpc) is 2.58. The van der Waals surface area contributed by atoms with Crippen LogP contribution in [-0.2, 0) is 11.3 Å². The first-order chi connectivity index (χ1) is 11.6. The summed E-state index contributed by atoms with van der Waals surface area (Å²) < 4.78 is 2.21. The predicted octanol–water partition coefficient (Wildman–Crippen LogP) is 3.12. The maximum atomic E-state index is 12.2. The van der Waals surface area contributed by atoms with Gasteiger partial charge in [-0.1, -0.05) is 47.3 Å². The second-order valence-electron chi connectivity index (χ2n) is 6.12. The molecule has 1 aromatic carbocycles. The first kappa shape index (κ1) is 16.9. The average molecular weight is 390 g/mol. The van der Waals surface area contributed by atoms with E-state index in [1.165, 1.54) is 17.2 Å². The van der Waals surface area contributed by atoms with Crippen LogP contribution in [0.5, 0.6) is 0 Å². The van der Waals surface area contributed by atoms with E-state index in [4.69, 9.17) is 0 Å². The molecule has 1 fully saturated rings. The van der Waals surface area contributed by atoms with Crippen molar-refractivity contribution in [1.29, 1.82) is 0 Å². The molecule has 0 aliphatic heterocycles. The van der Waals surface area contributed by atoms with Crippen LogP contribution >= 0.6 is 15.9 Å². The number of hydrogen-bond donors (Lipinski definition) is 1. The summed E-state index contributed by atoms with van der Waals surface area (Å²) in [5, 5.41) is 7.35. The number of amides is 1. The van der Waals surface area contributed by atoms with Crippen molar-refractivity contribution in [2.45, 2.75) is 44.7 Å². The summed E-state index contributed by atoms with van der Waals surface area (Å²) in [5.74, 6) is -0.149. The molecule has 1 N–H and O–H groups in total. The molecule has 1 aromatic heterocycles. The molecule has 6 heteroatoms. The predicted molar refractivity (Wildman–Crippen MR) is 96.6 cm³/mol. The largest absolute Gasteiger partial charge is 0.352 e. The van der Waals surface area contributed by atoms with Gasteiger partial charge in [0, 0.05) is 22.1 Å². The van der Waals surface area contributed by atoms with Gasteiger partial charge >= 0.3 is 0 Å². The molecule has 1 amide bonds. The van der Waals surface area contributed by atoms with Crippen LogP contribution in [0.25, 0.3) is 11.3 Å². The number of aromatic nitrogens is 2. The van der Waals surface area contributed by atoms with Gasteiger partial charge in [0.2, 0.25) is 5.91 Å². The van der Waals surface area contributed by atoms with Crippen LogP contribution in [0.1, 0.15) is 32.1 Å². The van der Waals surface area contributed by atoms with E-state index in [9.17, 15) is 9.59 Å². The quantitative estimate of drug-likeness (QED) is 0.873. The van der Waals surface area contributed by atoms with Crippen LogP contribution in [0.2, 0.25) is 0 Å². The smallest absolute Gasteiger partial charge is 0.267 e. The molecule has 0 saturated heterocycles. The highest BCUT2D eigenvalue weighted by atomic mass is 79.9. The molecule has 24 heavy (non-hydrogen) atoms. The fraction of sp³-hybridized carbons (Fsp3) is 0.389. The lowest BCUT2D eigenvalue weighted by Gasteiger charge is -2.22. The van der Waals surface area contributed by atoms with Gasteiger partial charge in [-0.05, 0) is 31.0 Å². The van der Waals surface area contributed by atoms with Crippen LogP contribution in [-0.4, -0.2) is 21.7 Å². The summed E-state index contributed by atoms with van der Waals surface area (Å²) in [5.41, 5.74) is 1.31. The number of benzene rings is 1. The van der Waals surface area contributed by atoms with Crippen molar-refractivity contribution in [3.63, 3.8) is 0 Å². The lowest BCUT2D eigenvalue weighted by molar-refractivity contribution is -0.122. The molecule has 126 valence electrons. The molecule has 0 unspecified atom stereocenters. The summed E-state index contributed by atoms with van der Waals surface area (Å²) >= 11 is 3.40. The van der Waals surface area contributed by atoms with Crippen LogP contribution in [0.4, 0.5) is 0 Å². The monoisotopic (exact) mass is 389 g/mol. The van der Waals surface area contributed by atoms with Crippen LogP contribution < -0.4 is 10.9 Å². The Kier molecular flexibility index (Phi) is 5.45. The fourth-order valence-electron chi connectivity index (χ4n) is 2.99. The number of nitrogens with one attached hydrogen (secondary N) is 1. The molecule has 3 rings (SSSR count). The number of rotatable bonds is 4. The fourth-order valence-corrected chi connectivity index (χ4v) is 3.26. The van der Waals surface area contributed by atoms with Crippen molar-refractivity contribution < 1.29 is 4.79 Å². The molecule has 2 aromatic rings. The van der Waals surface area contributed by atoms with Crippen molar-refractivity contribution in [2.75, 3.05) is 0 Å². The molecule has 1 aliphatic carbocycles. The van der Waals surface area contributed by atoms with Crippen LogP contribution in [0, 0.1) is 0 Å². The second-order valence-corrected chi connectivity index (χ2v) is 7.04. The SMILES string of the molecule is O=C(Cn1nc(-c2ccc(Br)cc2)ccc1=O)NC1CCCCC1. The van der Waals surface area contributed by atoms with Gasteiger partial charge in [-0.25, -0.2) is 4.68 Å². The van der Waals surface area contributed by atoms with E-state index in [0.717, 1.165) is 35.7 Å². The molecule has 0 radical (unpaired) electrons. The molecule has 1 saturated carbocycles. The first-order valence-electron chi connectivity index (χ1n) is 8.25. The molecule has 5 nitrogen and oxygen atoms in total. The molecule has 1 heterocycles. The minimum atomic E-state index is -0.269. The Morgan fingerprint density at radius 3 is 2.54 bits per heavy atom. The van der Waals surface area contributed by atoms with Gasteiger partial charge in [0.05, 0.1) is 5.69 Å². The van der Waals surface area contributed by atoms with Crippen molar-refractivity contribution in [2.24, 2.45) is 0 Å². The summed E-state index contributed by atoms with van der Waals surface area (Å²) in [6.45, 7) is -0.0420. The van der Waals surface area contributed by atoms with Gasteiger partial charge in [0.1, 0.15) is 6.54 Å². The third-order valence-corrected chi connectivity index (χ3v) is 4.80. The van der Waals surface area contributed by atoms with Crippen LogP contribution in [0.3, 0.4) is 0 Å². The van der Waals surface area contributed by atoms with E-state index >= 15 is 0 Å². The van der Waals surface area contributed by atoms with Gasteiger partial charge in [-0.2, -0.15) is 5.10 Å². The Labute approximate surface area is 149 Å². The van der Waals surface area contributed by atoms with Crippen molar-refractivity contribution in [3.05, 3.63) is 51.2 Å². The molecule has 1 aliphatic rings. The standard InChI is InChI=1S/C18H20BrN3O2/c19-14-8-6-13(7-9-14)16-10-11-18(24)22(21-16)12-17(23)20-15-4-2-1-3-5-15/h6-11,15H,1-5,12H2,(H,20,23). The highest BCUT2D eigenvalue weighted by molar-refractivity contribution is 9.10. The second kappa shape index (κ2) is 7.75. The zero-order valence-corrected chi connectivity index (χ0v) is 15.0. The summed E-state index contributed by atoms with van der Waals surface area (Å²) in [6, 6.07) is 11.0. The maximum absolute atomic E-state index is 12.2. The zero-order chi connectivity index (χ0) is 16.9. The van der Waals surface area contributed by atoms with Gasteiger partial charge in [-0.3, -0.25) is 9.59 Å². The Hall–Kier alpha value is -1.95. The molecule has 0 atom stereocenters. The van der Waals surface area contributed by atoms with Gasteiger partial charge in [0.15, 0.2) is 0 Å². The number of hydrogen-bond acceptors (Lipinski definition) is 3. The minimum absolute atomic E-state index is 0.0420. The Morgan fingerprint density at radius 1 is 1.12 bits per heavy atom. The normalized spacial score (nSPS) is 15.2. The van der Waals surface area contributed by atoms with Crippen molar-refractivity contribution >= 4 is 21.8 Å². The van der Waals surface area contributed by atoms with Crippen LogP contribution in [0.15, 0.2) is 45.7 Å². The van der Waals surface area contributed by atoms with Gasteiger partial charge in [-0.15, -0.1) is 0 Å². The highest BCUT2D eigenvalue weighted by Gasteiger charge is 2.16. The minimum Gasteiger partial charge on any atom is -0.352 e. The maximum Gasteiger partial charge on any atom is 0.267 e. The van der Waals surface area contributed by atoms with Gasteiger partial charge < -0.3 is 5.32 Å². The molecule has 0 spiro atoms. The van der Waals surface area contributed by atoms with E-state index in [1.54, 1.807) is 6.07 Å². The van der Waals surface area contributed by atoms with Crippen molar-refractivity contribution in [3.8, 4) is 11.3 Å². The summed E-state index contributed by atoms with van der Waals surface area (Å²) in [7, 11) is 0. The van der Waals surface area contributed by atoms with E-state index in [2.05, 4.69) is 26.3 Å². The lowest BCUT2D eigenvalue weighted by Crippen LogP contribution is -2.40. The Morgan fingerprint density at radius 2 is 1.83 bits per heavy atom. The third-order valence-electron chi connectivity index (χ3n) is 4.27. The van der Waals surface area contributed by atoms with Gasteiger partial charge in [0.25, 0.3) is 5.56 Å². The van der Waals surface area contributed by atoms with E-state index in [1.807, 2.05) is 24.3 Å². The van der Waals surface area contributed by atoms with Crippen molar-refractivity contribution in [1.82, 2.24) is 15.1 Å². The molecular weight excluding hydrogens is 370 g/mol. The third kappa shape index (κ3) is 4.32. The zero-order valence-electron chi connectivity index (χ0n) is 13.4. The number of carbonyl (C=O) groups is 1. The summed E-state index contributed by atoms with van der Waals surface area (Å²) in [6.07, 6.45) is 5.59. The first-order valence-corrected chi connectivity index (χ1v) is 9.04. The number of halogens is 1. The number of carbonyl (C=O) groups excluding carboxylic acids is 1. The topological polar surface area (TPSA) is 64.0 Å². The Balaban J connectivity index is 1.72. The van der Waals surface area contributed by atoms with E-state index < -0.39 is 0 Å².